The van der Waals surface area contributed by atoms with E-state index in [1.165, 1.54) is 25.3 Å². The average Bonchev–Trinajstić information content (AvgIpc) is 3.12. The number of nitrogens with zero attached hydrogens (tertiary/aromatic N) is 1. The van der Waals surface area contributed by atoms with Crippen molar-refractivity contribution in [3.8, 4) is 5.75 Å². The van der Waals surface area contributed by atoms with Gasteiger partial charge in [0.2, 0.25) is 5.91 Å². The minimum atomic E-state index is -0.808. The van der Waals surface area contributed by atoms with E-state index in [0.29, 0.717) is 16.3 Å². The molecule has 0 aromatic heterocycles. The Bertz CT molecular complexity index is 1030. The maximum Gasteiger partial charge on any atom is 0.311 e. The van der Waals surface area contributed by atoms with E-state index in [-0.39, 0.29) is 29.3 Å². The summed E-state index contributed by atoms with van der Waals surface area (Å²) in [7, 11) is 1.51. The first-order valence-electron chi connectivity index (χ1n) is 9.18. The number of amides is 2. The SMILES string of the molecule is COc1ccc(C(=O)COC(=O)[C@H]2CC(=O)N(NC(=O)c3ccc(Cl)cc3Cl)C2)cc1. The van der Waals surface area contributed by atoms with Gasteiger partial charge in [-0.15, -0.1) is 0 Å². The monoisotopic (exact) mass is 464 g/mol. The first kappa shape index (κ1) is 22.6. The number of hydrazine groups is 1. The van der Waals surface area contributed by atoms with Crippen LogP contribution in [0.2, 0.25) is 10.0 Å². The van der Waals surface area contributed by atoms with Crippen molar-refractivity contribution in [3.05, 3.63) is 63.6 Å². The van der Waals surface area contributed by atoms with Gasteiger partial charge in [-0.05, 0) is 42.5 Å². The zero-order valence-corrected chi connectivity index (χ0v) is 17.9. The first-order valence-corrected chi connectivity index (χ1v) is 9.94. The average molecular weight is 465 g/mol. The minimum Gasteiger partial charge on any atom is -0.497 e. The number of Topliss-reactive ketones (excluding diaryl/α,β-unsaturated/α-hetero) is 1. The Morgan fingerprint density at radius 2 is 1.84 bits per heavy atom. The number of esters is 1. The van der Waals surface area contributed by atoms with E-state index >= 15 is 0 Å². The summed E-state index contributed by atoms with van der Waals surface area (Å²) in [6.07, 6.45) is -0.149. The molecule has 1 aliphatic rings. The van der Waals surface area contributed by atoms with Crippen molar-refractivity contribution in [2.24, 2.45) is 5.92 Å². The van der Waals surface area contributed by atoms with Crippen LogP contribution in [0.25, 0.3) is 0 Å². The number of benzene rings is 2. The molecular weight excluding hydrogens is 447 g/mol. The van der Waals surface area contributed by atoms with E-state index in [9.17, 15) is 19.2 Å². The first-order chi connectivity index (χ1) is 14.8. The van der Waals surface area contributed by atoms with Crippen molar-refractivity contribution < 1.29 is 28.7 Å². The van der Waals surface area contributed by atoms with E-state index in [1.807, 2.05) is 0 Å². The highest BCUT2D eigenvalue weighted by Crippen LogP contribution is 2.22. The molecule has 0 spiro atoms. The maximum atomic E-state index is 12.4. The summed E-state index contributed by atoms with van der Waals surface area (Å²) in [6.45, 7) is -0.534. The molecule has 10 heteroatoms. The zero-order valence-electron chi connectivity index (χ0n) is 16.4. The highest BCUT2D eigenvalue weighted by atomic mass is 35.5. The molecule has 31 heavy (non-hydrogen) atoms. The number of carbonyl (C=O) groups is 4. The molecule has 8 nitrogen and oxygen atoms in total. The van der Waals surface area contributed by atoms with E-state index in [0.717, 1.165) is 5.01 Å². The molecule has 2 aromatic rings. The van der Waals surface area contributed by atoms with E-state index < -0.39 is 30.3 Å². The summed E-state index contributed by atoms with van der Waals surface area (Å²) < 4.78 is 10.1. The second-order valence-corrected chi connectivity index (χ2v) is 7.57. The van der Waals surface area contributed by atoms with Crippen LogP contribution >= 0.6 is 23.2 Å². The molecule has 1 heterocycles. The van der Waals surface area contributed by atoms with Gasteiger partial charge in [0, 0.05) is 17.0 Å². The number of nitrogens with one attached hydrogen (secondary N) is 1. The summed E-state index contributed by atoms with van der Waals surface area (Å²) >= 11 is 11.8. The predicted octanol–water partition coefficient (Wildman–Crippen LogP) is 2.92. The lowest BCUT2D eigenvalue weighted by atomic mass is 10.1. The van der Waals surface area contributed by atoms with Gasteiger partial charge in [-0.3, -0.25) is 29.6 Å². The van der Waals surface area contributed by atoms with Crippen molar-refractivity contribution in [3.63, 3.8) is 0 Å². The summed E-state index contributed by atoms with van der Waals surface area (Å²) in [5.74, 6) is -2.36. The molecule has 0 saturated carbocycles. The number of halogens is 2. The predicted molar refractivity (Wildman–Crippen MR) is 112 cm³/mol. The number of ketones is 1. The van der Waals surface area contributed by atoms with Gasteiger partial charge >= 0.3 is 5.97 Å². The Labute approximate surface area is 188 Å². The summed E-state index contributed by atoms with van der Waals surface area (Å²) in [6, 6.07) is 10.7. The Balaban J connectivity index is 1.53. The fourth-order valence-corrected chi connectivity index (χ4v) is 3.44. The fraction of sp³-hybridized carbons (Fsp3) is 0.238. The van der Waals surface area contributed by atoms with Crippen LogP contribution < -0.4 is 10.2 Å². The van der Waals surface area contributed by atoms with Gasteiger partial charge in [-0.2, -0.15) is 0 Å². The molecule has 1 atom stereocenters. The Morgan fingerprint density at radius 1 is 1.13 bits per heavy atom. The third-order valence-electron chi connectivity index (χ3n) is 4.63. The second kappa shape index (κ2) is 9.80. The highest BCUT2D eigenvalue weighted by Gasteiger charge is 2.37. The molecule has 2 aromatic carbocycles. The molecule has 0 bridgehead atoms. The number of hydrogen-bond acceptors (Lipinski definition) is 6. The Kier molecular flexibility index (Phi) is 7.14. The van der Waals surface area contributed by atoms with Crippen LogP contribution in [0.3, 0.4) is 0 Å². The van der Waals surface area contributed by atoms with Crippen molar-refractivity contribution >= 4 is 46.8 Å². The quantitative estimate of drug-likeness (QED) is 0.499. The van der Waals surface area contributed by atoms with Gasteiger partial charge in [0.25, 0.3) is 5.91 Å². The molecule has 1 fully saturated rings. The number of ether oxygens (including phenoxy) is 2. The fourth-order valence-electron chi connectivity index (χ4n) is 2.94. The second-order valence-electron chi connectivity index (χ2n) is 6.73. The van der Waals surface area contributed by atoms with E-state index in [2.05, 4.69) is 5.43 Å². The van der Waals surface area contributed by atoms with Crippen molar-refractivity contribution in [1.82, 2.24) is 10.4 Å². The molecule has 0 aliphatic carbocycles. The van der Waals surface area contributed by atoms with E-state index in [1.54, 1.807) is 24.3 Å². The molecular formula is C21H18Cl2N2O6. The number of methoxy groups -OCH3 is 1. The molecule has 1 N–H and O–H groups in total. The van der Waals surface area contributed by atoms with Crippen molar-refractivity contribution in [2.75, 3.05) is 20.3 Å². The molecule has 1 aliphatic heterocycles. The minimum absolute atomic E-state index is 0.0780. The molecule has 2 amide bonds. The standard InChI is InChI=1S/C21H18Cl2N2O6/c1-30-15-5-2-12(3-6-15)18(26)11-31-21(29)13-8-19(27)25(10-13)24-20(28)16-7-4-14(22)9-17(16)23/h2-7,9,13H,8,10-11H2,1H3,(H,24,28)/t13-/m0/s1. The van der Waals surface area contributed by atoms with Crippen LogP contribution in [0.1, 0.15) is 27.1 Å². The number of rotatable bonds is 7. The zero-order chi connectivity index (χ0) is 22.5. The summed E-state index contributed by atoms with van der Waals surface area (Å²) in [5.41, 5.74) is 2.92. The Morgan fingerprint density at radius 3 is 2.48 bits per heavy atom. The third-order valence-corrected chi connectivity index (χ3v) is 5.18. The lowest BCUT2D eigenvalue weighted by Gasteiger charge is -2.18. The summed E-state index contributed by atoms with van der Waals surface area (Å²) in [5, 5.41) is 1.53. The lowest BCUT2D eigenvalue weighted by Crippen LogP contribution is -2.43. The van der Waals surface area contributed by atoms with Crippen molar-refractivity contribution in [2.45, 2.75) is 6.42 Å². The van der Waals surface area contributed by atoms with Crippen molar-refractivity contribution in [1.29, 1.82) is 0 Å². The van der Waals surface area contributed by atoms with Crippen LogP contribution in [0.15, 0.2) is 42.5 Å². The van der Waals surface area contributed by atoms with Gasteiger partial charge < -0.3 is 9.47 Å². The normalized spacial score (nSPS) is 15.5. The Hall–Kier alpha value is -3.10. The maximum absolute atomic E-state index is 12.4. The molecule has 0 radical (unpaired) electrons. The van der Waals surface area contributed by atoms with Gasteiger partial charge in [-0.1, -0.05) is 23.2 Å². The van der Waals surface area contributed by atoms with Crippen LogP contribution in [0.4, 0.5) is 0 Å². The molecule has 162 valence electrons. The van der Waals surface area contributed by atoms with Gasteiger partial charge in [0.05, 0.1) is 30.2 Å². The van der Waals surface area contributed by atoms with Crippen LogP contribution in [0, 0.1) is 5.92 Å². The highest BCUT2D eigenvalue weighted by molar-refractivity contribution is 6.36. The van der Waals surface area contributed by atoms with Gasteiger partial charge in [-0.25, -0.2) is 0 Å². The topological polar surface area (TPSA) is 102 Å². The molecule has 1 saturated heterocycles. The summed E-state index contributed by atoms with van der Waals surface area (Å²) in [4.78, 5) is 49.0. The molecule has 3 rings (SSSR count). The van der Waals surface area contributed by atoms with Gasteiger partial charge in [0.15, 0.2) is 12.4 Å². The van der Waals surface area contributed by atoms with E-state index in [4.69, 9.17) is 32.7 Å². The van der Waals surface area contributed by atoms with Crippen LogP contribution in [-0.2, 0) is 14.3 Å². The lowest BCUT2D eigenvalue weighted by molar-refractivity contribution is -0.147. The third kappa shape index (κ3) is 5.53. The smallest absolute Gasteiger partial charge is 0.311 e. The van der Waals surface area contributed by atoms with Gasteiger partial charge in [0.1, 0.15) is 5.75 Å². The number of hydrogen-bond donors (Lipinski definition) is 1. The largest absolute Gasteiger partial charge is 0.497 e. The van der Waals surface area contributed by atoms with Crippen LogP contribution in [-0.4, -0.2) is 48.8 Å². The number of carbonyl (C=O) groups excluding carboxylic acids is 4. The molecule has 0 unspecified atom stereocenters. The van der Waals surface area contributed by atoms with Crippen LogP contribution in [0.5, 0.6) is 5.75 Å².